The van der Waals surface area contributed by atoms with E-state index >= 15 is 0 Å². The molecule has 2 amide bonds. The molecular formula is C20H18F2N2O2S. The van der Waals surface area contributed by atoms with E-state index in [1.165, 1.54) is 11.0 Å². The van der Waals surface area contributed by atoms with Crippen LogP contribution in [0.15, 0.2) is 47.4 Å². The summed E-state index contributed by atoms with van der Waals surface area (Å²) >= 11 is 1.76. The number of carbonyl (C=O) groups excluding carboxylic acids is 2. The summed E-state index contributed by atoms with van der Waals surface area (Å²) in [5.74, 6) is -2.56. The lowest BCUT2D eigenvalue weighted by Crippen LogP contribution is -2.39. The Morgan fingerprint density at radius 2 is 1.93 bits per heavy atom. The number of benzene rings is 2. The summed E-state index contributed by atoms with van der Waals surface area (Å²) in [7, 11) is 0. The molecular weight excluding hydrogens is 370 g/mol. The van der Waals surface area contributed by atoms with Crippen molar-refractivity contribution < 1.29 is 18.4 Å². The van der Waals surface area contributed by atoms with Crippen LogP contribution >= 0.6 is 11.8 Å². The molecule has 4 nitrogen and oxygen atoms in total. The highest BCUT2D eigenvalue weighted by atomic mass is 32.2. The molecule has 2 aliphatic heterocycles. The second-order valence-electron chi connectivity index (χ2n) is 6.67. The molecule has 2 aliphatic rings. The van der Waals surface area contributed by atoms with Crippen molar-refractivity contribution in [1.29, 1.82) is 0 Å². The zero-order valence-electron chi connectivity index (χ0n) is 14.5. The summed E-state index contributed by atoms with van der Waals surface area (Å²) in [6, 6.07) is 11.2. The second kappa shape index (κ2) is 7.31. The number of halogens is 2. The third-order valence-electron chi connectivity index (χ3n) is 5.01. The van der Waals surface area contributed by atoms with Crippen molar-refractivity contribution >= 4 is 29.3 Å². The Hall–Kier alpha value is -2.41. The minimum absolute atomic E-state index is 0.111. The van der Waals surface area contributed by atoms with Gasteiger partial charge in [0, 0.05) is 28.9 Å². The fraction of sp³-hybridized carbons (Fsp3) is 0.300. The largest absolute Gasteiger partial charge is 0.349 e. The topological polar surface area (TPSA) is 49.4 Å². The zero-order chi connectivity index (χ0) is 19.0. The molecule has 4 rings (SSSR count). The molecule has 0 bridgehead atoms. The standard InChI is InChI=1S/C20H18F2N2O2S/c21-15-6-5-12(11-16(15)22)24-9-7-14(20(24)26)19(25)23-17-8-10-27-18-4-2-1-3-13(17)18/h1-6,11,14,17H,7-10H2,(H,23,25). The van der Waals surface area contributed by atoms with Crippen molar-refractivity contribution in [3.63, 3.8) is 0 Å². The van der Waals surface area contributed by atoms with Crippen LogP contribution in [0.4, 0.5) is 14.5 Å². The molecule has 1 N–H and O–H groups in total. The van der Waals surface area contributed by atoms with Crippen molar-refractivity contribution in [2.45, 2.75) is 23.8 Å². The van der Waals surface area contributed by atoms with Gasteiger partial charge in [0.25, 0.3) is 0 Å². The molecule has 0 radical (unpaired) electrons. The average Bonchev–Trinajstić information content (AvgIpc) is 3.06. The molecule has 2 unspecified atom stereocenters. The van der Waals surface area contributed by atoms with Crippen LogP contribution in [0.2, 0.25) is 0 Å². The van der Waals surface area contributed by atoms with Gasteiger partial charge in [-0.15, -0.1) is 11.8 Å². The molecule has 27 heavy (non-hydrogen) atoms. The Kier molecular flexibility index (Phi) is 4.86. The van der Waals surface area contributed by atoms with Crippen molar-refractivity contribution in [3.8, 4) is 0 Å². The van der Waals surface area contributed by atoms with Gasteiger partial charge in [-0.25, -0.2) is 8.78 Å². The molecule has 2 aromatic carbocycles. The summed E-state index contributed by atoms with van der Waals surface area (Å²) in [6.07, 6.45) is 1.16. The highest BCUT2D eigenvalue weighted by Gasteiger charge is 2.39. The van der Waals surface area contributed by atoms with Gasteiger partial charge in [-0.05, 0) is 36.6 Å². The fourth-order valence-corrected chi connectivity index (χ4v) is 4.72. The van der Waals surface area contributed by atoms with Gasteiger partial charge in [0.05, 0.1) is 6.04 Å². The smallest absolute Gasteiger partial charge is 0.239 e. The first-order valence-electron chi connectivity index (χ1n) is 8.83. The maximum Gasteiger partial charge on any atom is 0.239 e. The van der Waals surface area contributed by atoms with Crippen LogP contribution in [0.1, 0.15) is 24.4 Å². The molecule has 1 fully saturated rings. The Labute approximate surface area is 159 Å². The summed E-state index contributed by atoms with van der Waals surface area (Å²) in [6.45, 7) is 0.305. The van der Waals surface area contributed by atoms with Gasteiger partial charge in [-0.3, -0.25) is 9.59 Å². The van der Waals surface area contributed by atoms with Crippen molar-refractivity contribution in [2.24, 2.45) is 5.92 Å². The molecule has 1 saturated heterocycles. The summed E-state index contributed by atoms with van der Waals surface area (Å²) in [4.78, 5) is 27.9. The normalized spacial score (nSPS) is 21.9. The minimum Gasteiger partial charge on any atom is -0.349 e. The number of anilines is 1. The highest BCUT2D eigenvalue weighted by molar-refractivity contribution is 7.99. The average molecular weight is 388 g/mol. The lowest BCUT2D eigenvalue weighted by atomic mass is 10.0. The Bertz CT molecular complexity index is 905. The van der Waals surface area contributed by atoms with Crippen LogP contribution in [0.5, 0.6) is 0 Å². The molecule has 0 saturated carbocycles. The van der Waals surface area contributed by atoms with E-state index in [0.29, 0.717) is 13.0 Å². The van der Waals surface area contributed by atoms with Crippen molar-refractivity contribution in [1.82, 2.24) is 5.32 Å². The highest BCUT2D eigenvalue weighted by Crippen LogP contribution is 2.36. The number of rotatable bonds is 3. The Morgan fingerprint density at radius 1 is 1.11 bits per heavy atom. The van der Waals surface area contributed by atoms with Gasteiger partial charge in [-0.2, -0.15) is 0 Å². The predicted octanol–water partition coefficient (Wildman–Crippen LogP) is 3.67. The molecule has 0 spiro atoms. The lowest BCUT2D eigenvalue weighted by molar-refractivity contribution is -0.132. The van der Waals surface area contributed by atoms with Crippen molar-refractivity contribution in [3.05, 3.63) is 59.7 Å². The monoisotopic (exact) mass is 388 g/mol. The van der Waals surface area contributed by atoms with E-state index in [2.05, 4.69) is 5.32 Å². The quantitative estimate of drug-likeness (QED) is 0.817. The maximum absolute atomic E-state index is 13.5. The van der Waals surface area contributed by atoms with Crippen molar-refractivity contribution in [2.75, 3.05) is 17.2 Å². The number of carbonyl (C=O) groups is 2. The van der Waals surface area contributed by atoms with Crippen LogP contribution in [-0.2, 0) is 9.59 Å². The Morgan fingerprint density at radius 3 is 2.74 bits per heavy atom. The van der Waals surface area contributed by atoms with Gasteiger partial charge < -0.3 is 10.2 Å². The van der Waals surface area contributed by atoms with Crippen LogP contribution in [0.3, 0.4) is 0 Å². The minimum atomic E-state index is -1.01. The first-order valence-corrected chi connectivity index (χ1v) is 9.81. The van der Waals surface area contributed by atoms with E-state index < -0.39 is 17.6 Å². The lowest BCUT2D eigenvalue weighted by Gasteiger charge is -2.26. The van der Waals surface area contributed by atoms with Crippen LogP contribution < -0.4 is 10.2 Å². The van der Waals surface area contributed by atoms with E-state index in [-0.39, 0.29) is 23.5 Å². The summed E-state index contributed by atoms with van der Waals surface area (Å²) in [5, 5.41) is 3.01. The summed E-state index contributed by atoms with van der Waals surface area (Å²) < 4.78 is 26.6. The van der Waals surface area contributed by atoms with E-state index in [4.69, 9.17) is 0 Å². The van der Waals surface area contributed by atoms with E-state index in [1.807, 2.05) is 24.3 Å². The van der Waals surface area contributed by atoms with Crippen LogP contribution in [-0.4, -0.2) is 24.1 Å². The molecule has 140 valence electrons. The fourth-order valence-electron chi connectivity index (χ4n) is 3.60. The van der Waals surface area contributed by atoms with Gasteiger partial charge in [-0.1, -0.05) is 18.2 Å². The van der Waals surface area contributed by atoms with E-state index in [1.54, 1.807) is 11.8 Å². The molecule has 7 heteroatoms. The predicted molar refractivity (Wildman–Crippen MR) is 99.5 cm³/mol. The van der Waals surface area contributed by atoms with Gasteiger partial charge >= 0.3 is 0 Å². The number of nitrogens with one attached hydrogen (secondary N) is 1. The van der Waals surface area contributed by atoms with Crippen LogP contribution in [0, 0.1) is 17.6 Å². The number of hydrogen-bond donors (Lipinski definition) is 1. The SMILES string of the molecule is O=C(NC1CCSc2ccccc21)C1CCN(c2ccc(F)c(F)c2)C1=O. The zero-order valence-corrected chi connectivity index (χ0v) is 15.3. The molecule has 0 aliphatic carbocycles. The number of nitrogens with zero attached hydrogens (tertiary/aromatic N) is 1. The van der Waals surface area contributed by atoms with Gasteiger partial charge in [0.1, 0.15) is 5.92 Å². The first-order chi connectivity index (χ1) is 13.0. The van der Waals surface area contributed by atoms with E-state index in [0.717, 1.165) is 34.8 Å². The maximum atomic E-state index is 13.5. The first kappa shape index (κ1) is 18.0. The second-order valence-corrected chi connectivity index (χ2v) is 7.80. The number of thioether (sulfide) groups is 1. The Balaban J connectivity index is 1.47. The number of hydrogen-bond acceptors (Lipinski definition) is 3. The van der Waals surface area contributed by atoms with Gasteiger partial charge in [0.2, 0.25) is 11.8 Å². The van der Waals surface area contributed by atoms with E-state index in [9.17, 15) is 18.4 Å². The number of fused-ring (bicyclic) bond motifs is 1. The third kappa shape index (κ3) is 3.43. The van der Waals surface area contributed by atoms with Crippen LogP contribution in [0.25, 0.3) is 0 Å². The summed E-state index contributed by atoms with van der Waals surface area (Å²) in [5.41, 5.74) is 1.35. The third-order valence-corrected chi connectivity index (χ3v) is 6.13. The number of amides is 2. The molecule has 0 aromatic heterocycles. The molecule has 2 atom stereocenters. The molecule has 2 aromatic rings. The van der Waals surface area contributed by atoms with Gasteiger partial charge in [0.15, 0.2) is 11.6 Å². The molecule has 2 heterocycles.